The van der Waals surface area contributed by atoms with Crippen molar-refractivity contribution in [3.05, 3.63) is 0 Å². The van der Waals surface area contributed by atoms with Gasteiger partial charge in [0.1, 0.15) is 0 Å². The molecule has 0 amide bonds. The summed E-state index contributed by atoms with van der Waals surface area (Å²) in [4.78, 5) is 1.18. The van der Waals surface area contributed by atoms with Crippen LogP contribution in [0.4, 0.5) is 70.4 Å². The minimum Gasteiger partial charge on any atom is -0.327 e. The maximum Gasteiger partial charge on any atom is 0.460 e. The quantitative estimate of drug-likeness (QED) is 0.310. The summed E-state index contributed by atoms with van der Waals surface area (Å²) in [5.74, 6) is -32.0. The van der Waals surface area contributed by atoms with Gasteiger partial charge in [0.15, 0.2) is 0 Å². The van der Waals surface area contributed by atoms with Crippen molar-refractivity contribution in [2.45, 2.75) is 61.0 Å². The number of halogens is 16. The highest BCUT2D eigenvalue weighted by molar-refractivity contribution is 7.95. The first-order chi connectivity index (χ1) is 12.5. The first kappa shape index (κ1) is 30.3. The largest absolute Gasteiger partial charge is 0.460 e. The van der Waals surface area contributed by atoms with Gasteiger partial charge in [0.05, 0.1) is 0 Å². The van der Waals surface area contributed by atoms with Crippen molar-refractivity contribution in [1.29, 1.82) is 0 Å². The predicted octanol–water partition coefficient (Wildman–Crippen LogP) is 6.82. The Hall–Kier alpha value is -0.850. The van der Waals surface area contributed by atoms with Gasteiger partial charge in [-0.2, -0.15) is 57.1 Å². The summed E-state index contributed by atoms with van der Waals surface area (Å²) in [6.07, 6.45) is -20.4. The number of rotatable bonds is 7. The summed E-state index contributed by atoms with van der Waals surface area (Å²) >= 11 is -2.74. The lowest BCUT2D eigenvalue weighted by Crippen LogP contribution is -2.74. The van der Waals surface area contributed by atoms with Crippen molar-refractivity contribution in [3.63, 3.8) is 0 Å². The molecule has 3 atom stereocenters. The summed E-state index contributed by atoms with van der Waals surface area (Å²) in [6.45, 7) is 4.00. The molecule has 178 valence electrons. The molecule has 0 aliphatic heterocycles. The van der Waals surface area contributed by atoms with E-state index >= 15 is 0 Å². The lowest BCUT2D eigenvalue weighted by Gasteiger charge is -2.43. The Balaban J connectivity index is 0. The second-order valence-corrected chi connectivity index (χ2v) is 5.31. The molecule has 2 nitrogen and oxygen atoms in total. The Morgan fingerprint density at radius 2 is 1.03 bits per heavy atom. The van der Waals surface area contributed by atoms with Crippen molar-refractivity contribution < 1.29 is 79.9 Å². The molecular weight excluding hydrogens is 488 g/mol. The molecule has 0 saturated carbocycles. The van der Waals surface area contributed by atoms with Gasteiger partial charge in [-0.1, -0.05) is 13.8 Å². The third kappa shape index (κ3) is 4.45. The van der Waals surface area contributed by atoms with E-state index in [0.717, 1.165) is 0 Å². The molecule has 3 unspecified atom stereocenters. The third-order valence-electron chi connectivity index (χ3n) is 2.84. The van der Waals surface area contributed by atoms with Crippen LogP contribution in [0.2, 0.25) is 0 Å². The molecule has 0 aromatic heterocycles. The van der Waals surface area contributed by atoms with Gasteiger partial charge in [0.25, 0.3) is 5.00 Å². The van der Waals surface area contributed by atoms with Gasteiger partial charge in [0, 0.05) is 12.0 Å². The van der Waals surface area contributed by atoms with Crippen LogP contribution < -0.4 is 0 Å². The second kappa shape index (κ2) is 8.72. The zero-order valence-electron chi connectivity index (χ0n) is 13.4. The standard InChI is InChI=1S/C8H2F16O2S.C2H6/c9-1(3(11,12)13)2(10,27-25)7(20,26-24)5(16,17)4(14,15)6(18,19)8(21,22)23;1-2/h1,25H;1-2H3. The van der Waals surface area contributed by atoms with Crippen LogP contribution in [0.15, 0.2) is 0 Å². The molecule has 0 bridgehead atoms. The molecule has 1 N–H and O–H groups in total. The molecule has 0 aliphatic carbocycles. The Bertz CT molecular complexity index is 533. The normalized spacial score (nSPS) is 19.6. The van der Waals surface area contributed by atoms with Crippen LogP contribution in [0.3, 0.4) is 0 Å². The van der Waals surface area contributed by atoms with Crippen LogP contribution >= 0.6 is 12.0 Å². The summed E-state index contributed by atoms with van der Waals surface area (Å²) in [5, 5.41) is -6.74. The van der Waals surface area contributed by atoms with Gasteiger partial charge in [-0.05, 0) is 4.53 Å². The first-order valence-electron chi connectivity index (χ1n) is 6.44. The van der Waals surface area contributed by atoms with Crippen molar-refractivity contribution in [3.8, 4) is 0 Å². The summed E-state index contributed by atoms with van der Waals surface area (Å²) < 4.78 is 210. The molecule has 0 rings (SSSR count). The first-order valence-corrected chi connectivity index (χ1v) is 7.21. The third-order valence-corrected chi connectivity index (χ3v) is 3.57. The van der Waals surface area contributed by atoms with Crippen LogP contribution in [0.5, 0.6) is 0 Å². The Morgan fingerprint density at radius 3 is 1.24 bits per heavy atom. The van der Waals surface area contributed by atoms with Crippen LogP contribution in [0.25, 0.3) is 0 Å². The number of hydrogen-bond donors (Lipinski definition) is 1. The van der Waals surface area contributed by atoms with Gasteiger partial charge in [-0.15, -0.1) is 4.94 Å². The highest BCUT2D eigenvalue weighted by Gasteiger charge is 2.92. The van der Waals surface area contributed by atoms with Gasteiger partial charge < -0.3 is 4.55 Å². The molecule has 0 aliphatic rings. The van der Waals surface area contributed by atoms with E-state index in [2.05, 4.69) is 0 Å². The average molecular weight is 496 g/mol. The molecule has 19 heteroatoms. The van der Waals surface area contributed by atoms with E-state index in [4.69, 9.17) is 4.55 Å². The molecule has 0 radical (unpaired) electrons. The maximum absolute atomic E-state index is 13.7. The zero-order chi connectivity index (χ0) is 24.5. The van der Waals surface area contributed by atoms with Gasteiger partial charge in [-0.25, -0.2) is 8.78 Å². The van der Waals surface area contributed by atoms with Crippen LogP contribution in [-0.4, -0.2) is 51.7 Å². The van der Waals surface area contributed by atoms with Crippen molar-refractivity contribution in [1.82, 2.24) is 0 Å². The van der Waals surface area contributed by atoms with Gasteiger partial charge >= 0.3 is 36.0 Å². The summed E-state index contributed by atoms with van der Waals surface area (Å²) in [6, 6.07) is 0. The predicted molar refractivity (Wildman–Crippen MR) is 63.3 cm³/mol. The molecule has 0 heterocycles. The highest BCUT2D eigenvalue weighted by Crippen LogP contribution is 2.63. The van der Waals surface area contributed by atoms with E-state index in [1.807, 2.05) is 13.8 Å². The number of alkyl halides is 15. The fourth-order valence-corrected chi connectivity index (χ4v) is 1.87. The topological polar surface area (TPSA) is 29.5 Å². The van der Waals surface area contributed by atoms with E-state index in [9.17, 15) is 70.4 Å². The van der Waals surface area contributed by atoms with E-state index in [-0.39, 0.29) is 0 Å². The van der Waals surface area contributed by atoms with E-state index in [0.29, 0.717) is 0 Å². The SMILES string of the molecule is CC.OSC(F)(C(F)C(F)(F)F)C(F)(OF)C(F)(F)C(F)(F)C(F)(F)C(F)(F)F. The van der Waals surface area contributed by atoms with E-state index in [1.54, 1.807) is 0 Å². The highest BCUT2D eigenvalue weighted by atomic mass is 32.2. The minimum atomic E-state index is -8.25. The molecule has 0 spiro atoms. The molecular formula is C10H8F16O2S. The second-order valence-electron chi connectivity index (χ2n) is 4.53. The van der Waals surface area contributed by atoms with Crippen LogP contribution in [-0.2, 0) is 4.94 Å². The summed E-state index contributed by atoms with van der Waals surface area (Å²) in [7, 11) is 0. The lowest BCUT2D eigenvalue weighted by molar-refractivity contribution is -0.474. The Morgan fingerprint density at radius 1 is 0.690 bits per heavy atom. The van der Waals surface area contributed by atoms with Gasteiger partial charge in [-0.3, -0.25) is 0 Å². The maximum atomic E-state index is 13.7. The number of hydrogen-bond acceptors (Lipinski definition) is 3. The van der Waals surface area contributed by atoms with Crippen molar-refractivity contribution >= 4 is 12.0 Å². The monoisotopic (exact) mass is 496 g/mol. The average Bonchev–Trinajstić information content (AvgIpc) is 2.58. The van der Waals surface area contributed by atoms with Gasteiger partial charge in [0.2, 0.25) is 6.17 Å². The lowest BCUT2D eigenvalue weighted by atomic mass is 9.91. The Kier molecular flexibility index (Phi) is 9.12. The Labute approximate surface area is 154 Å². The van der Waals surface area contributed by atoms with Crippen LogP contribution in [0, 0.1) is 0 Å². The molecule has 0 aromatic rings. The van der Waals surface area contributed by atoms with Crippen LogP contribution in [0.1, 0.15) is 13.8 Å². The smallest absolute Gasteiger partial charge is 0.327 e. The van der Waals surface area contributed by atoms with E-state index in [1.165, 1.54) is 4.94 Å². The van der Waals surface area contributed by atoms with E-state index < -0.39 is 59.2 Å². The summed E-state index contributed by atoms with van der Waals surface area (Å²) in [5.41, 5.74) is 0. The molecule has 0 aromatic carbocycles. The molecule has 0 fully saturated rings. The molecule has 0 saturated heterocycles. The van der Waals surface area contributed by atoms with Crippen molar-refractivity contribution in [2.75, 3.05) is 0 Å². The zero-order valence-corrected chi connectivity index (χ0v) is 14.2. The minimum absolute atomic E-state index is 1.18. The molecule has 29 heavy (non-hydrogen) atoms. The fourth-order valence-electron chi connectivity index (χ4n) is 1.37. The fraction of sp³-hybridized carbons (Fsp3) is 1.00. The van der Waals surface area contributed by atoms with Crippen molar-refractivity contribution in [2.24, 2.45) is 0 Å².